The molecular weight excluding hydrogens is 366 g/mol. The number of urea groups is 1. The SMILES string of the molecule is CCNC(=O)c1ccc(NC(=O)N2CCN(c3ccncc3)CC2)cc1Cl. The molecule has 27 heavy (non-hydrogen) atoms. The van der Waals surface area contributed by atoms with Crippen LogP contribution in [0.1, 0.15) is 17.3 Å². The Morgan fingerprint density at radius 3 is 2.44 bits per heavy atom. The summed E-state index contributed by atoms with van der Waals surface area (Å²) in [6, 6.07) is 8.65. The molecule has 0 unspecified atom stereocenters. The van der Waals surface area contributed by atoms with E-state index in [0.717, 1.165) is 18.8 Å². The van der Waals surface area contributed by atoms with E-state index < -0.39 is 0 Å². The summed E-state index contributed by atoms with van der Waals surface area (Å²) < 4.78 is 0. The lowest BCUT2D eigenvalue weighted by atomic mass is 10.2. The number of benzene rings is 1. The zero-order chi connectivity index (χ0) is 19.2. The third-order valence-electron chi connectivity index (χ3n) is 4.40. The maximum atomic E-state index is 12.5. The van der Waals surface area contributed by atoms with Crippen molar-refractivity contribution in [1.29, 1.82) is 0 Å². The van der Waals surface area contributed by atoms with E-state index in [1.165, 1.54) is 0 Å². The molecule has 1 aliphatic heterocycles. The predicted octanol–water partition coefficient (Wildman–Crippen LogP) is 2.84. The van der Waals surface area contributed by atoms with Gasteiger partial charge in [-0.05, 0) is 37.3 Å². The standard InChI is InChI=1S/C19H22ClN5O2/c1-2-22-18(26)16-4-3-14(13-17(16)20)23-19(27)25-11-9-24(10-12-25)15-5-7-21-8-6-15/h3-8,13H,2,9-12H2,1H3,(H,22,26)(H,23,27). The van der Waals surface area contributed by atoms with E-state index in [2.05, 4.69) is 20.5 Å². The third-order valence-corrected chi connectivity index (χ3v) is 4.71. The summed E-state index contributed by atoms with van der Waals surface area (Å²) in [6.45, 7) is 5.13. The van der Waals surface area contributed by atoms with Gasteiger partial charge in [0.15, 0.2) is 0 Å². The first-order valence-electron chi connectivity index (χ1n) is 8.87. The van der Waals surface area contributed by atoms with Crippen molar-refractivity contribution in [1.82, 2.24) is 15.2 Å². The van der Waals surface area contributed by atoms with E-state index in [0.29, 0.717) is 35.9 Å². The first kappa shape index (κ1) is 19.0. The van der Waals surface area contributed by atoms with Crippen LogP contribution in [0.5, 0.6) is 0 Å². The van der Waals surface area contributed by atoms with Crippen LogP contribution >= 0.6 is 11.6 Å². The highest BCUT2D eigenvalue weighted by Gasteiger charge is 2.21. The molecule has 0 spiro atoms. The summed E-state index contributed by atoms with van der Waals surface area (Å²) in [4.78, 5) is 32.4. The topological polar surface area (TPSA) is 77.6 Å². The predicted molar refractivity (Wildman–Crippen MR) is 107 cm³/mol. The molecule has 2 N–H and O–H groups in total. The van der Waals surface area contributed by atoms with Gasteiger partial charge in [0.2, 0.25) is 0 Å². The van der Waals surface area contributed by atoms with Crippen molar-refractivity contribution in [3.8, 4) is 0 Å². The quantitative estimate of drug-likeness (QED) is 0.845. The molecular formula is C19H22ClN5O2. The number of anilines is 2. The summed E-state index contributed by atoms with van der Waals surface area (Å²) in [5.41, 5.74) is 2.06. The smallest absolute Gasteiger partial charge is 0.321 e. The summed E-state index contributed by atoms with van der Waals surface area (Å²) in [7, 11) is 0. The van der Waals surface area contributed by atoms with Crippen LogP contribution in [0.3, 0.4) is 0 Å². The highest BCUT2D eigenvalue weighted by atomic mass is 35.5. The molecule has 2 aromatic rings. The number of pyridine rings is 1. The summed E-state index contributed by atoms with van der Waals surface area (Å²) in [6.07, 6.45) is 3.53. The molecule has 8 heteroatoms. The monoisotopic (exact) mass is 387 g/mol. The van der Waals surface area contributed by atoms with E-state index in [1.807, 2.05) is 19.1 Å². The number of halogens is 1. The van der Waals surface area contributed by atoms with Crippen molar-refractivity contribution in [3.05, 3.63) is 53.3 Å². The molecule has 3 amide bonds. The van der Waals surface area contributed by atoms with Gasteiger partial charge in [-0.2, -0.15) is 0 Å². The van der Waals surface area contributed by atoms with Crippen molar-refractivity contribution in [3.63, 3.8) is 0 Å². The minimum absolute atomic E-state index is 0.175. The molecule has 0 radical (unpaired) electrons. The van der Waals surface area contributed by atoms with Gasteiger partial charge in [-0.3, -0.25) is 9.78 Å². The van der Waals surface area contributed by atoms with E-state index >= 15 is 0 Å². The Bertz CT molecular complexity index is 807. The minimum Gasteiger partial charge on any atom is -0.368 e. The van der Waals surface area contributed by atoms with E-state index in [1.54, 1.807) is 35.5 Å². The van der Waals surface area contributed by atoms with Crippen LogP contribution in [0, 0.1) is 0 Å². The number of amides is 3. The van der Waals surface area contributed by atoms with E-state index in [4.69, 9.17) is 11.6 Å². The average Bonchev–Trinajstić information content (AvgIpc) is 2.69. The van der Waals surface area contributed by atoms with Crippen molar-refractivity contribution in [2.24, 2.45) is 0 Å². The molecule has 3 rings (SSSR count). The number of hydrogen-bond acceptors (Lipinski definition) is 4. The summed E-state index contributed by atoms with van der Waals surface area (Å²) in [5, 5.41) is 5.86. The number of piperazine rings is 1. The van der Waals surface area contributed by atoms with Crippen molar-refractivity contribution in [2.75, 3.05) is 42.9 Å². The lowest BCUT2D eigenvalue weighted by molar-refractivity contribution is 0.0956. The van der Waals surface area contributed by atoms with Gasteiger partial charge in [-0.1, -0.05) is 11.6 Å². The van der Waals surface area contributed by atoms with Crippen molar-refractivity contribution in [2.45, 2.75) is 6.92 Å². The number of nitrogens with one attached hydrogen (secondary N) is 2. The Morgan fingerprint density at radius 2 is 1.81 bits per heavy atom. The molecule has 0 bridgehead atoms. The second-order valence-corrected chi connectivity index (χ2v) is 6.57. The van der Waals surface area contributed by atoms with Crippen LogP contribution < -0.4 is 15.5 Å². The summed E-state index contributed by atoms with van der Waals surface area (Å²) >= 11 is 6.18. The Morgan fingerprint density at radius 1 is 1.11 bits per heavy atom. The average molecular weight is 388 g/mol. The van der Waals surface area contributed by atoms with Gasteiger partial charge in [-0.15, -0.1) is 0 Å². The first-order chi connectivity index (χ1) is 13.1. The molecule has 0 aliphatic carbocycles. The lowest BCUT2D eigenvalue weighted by Crippen LogP contribution is -2.50. The molecule has 2 heterocycles. The number of aromatic nitrogens is 1. The van der Waals surface area contributed by atoms with Gasteiger partial charge in [0.1, 0.15) is 0 Å². The Hall–Kier alpha value is -2.80. The molecule has 7 nitrogen and oxygen atoms in total. The van der Waals surface area contributed by atoms with Crippen molar-refractivity contribution >= 4 is 34.9 Å². The number of nitrogens with zero attached hydrogens (tertiary/aromatic N) is 3. The third kappa shape index (κ3) is 4.68. The minimum atomic E-state index is -0.229. The fraction of sp³-hybridized carbons (Fsp3) is 0.316. The maximum absolute atomic E-state index is 12.5. The van der Waals surface area contributed by atoms with Crippen LogP contribution in [-0.4, -0.2) is 54.5 Å². The highest BCUT2D eigenvalue weighted by molar-refractivity contribution is 6.34. The second-order valence-electron chi connectivity index (χ2n) is 6.16. The molecule has 142 valence electrons. The van der Waals surface area contributed by atoms with Gasteiger partial charge in [-0.25, -0.2) is 4.79 Å². The van der Waals surface area contributed by atoms with Gasteiger partial charge >= 0.3 is 6.03 Å². The van der Waals surface area contributed by atoms with Crippen LogP contribution in [0.2, 0.25) is 5.02 Å². The highest BCUT2D eigenvalue weighted by Crippen LogP contribution is 2.22. The number of carbonyl (C=O) groups is 2. The number of carbonyl (C=O) groups excluding carboxylic acids is 2. The van der Waals surface area contributed by atoms with E-state index in [9.17, 15) is 9.59 Å². The van der Waals surface area contributed by atoms with Crippen LogP contribution in [0.4, 0.5) is 16.2 Å². The van der Waals surface area contributed by atoms with Gasteiger partial charge in [0.25, 0.3) is 5.91 Å². The molecule has 1 aromatic carbocycles. The normalized spacial score (nSPS) is 14.0. The first-order valence-corrected chi connectivity index (χ1v) is 9.25. The molecule has 1 fully saturated rings. The van der Waals surface area contributed by atoms with E-state index in [-0.39, 0.29) is 11.9 Å². The Labute approximate surface area is 163 Å². The van der Waals surface area contributed by atoms with Crippen LogP contribution in [-0.2, 0) is 0 Å². The molecule has 1 aromatic heterocycles. The van der Waals surface area contributed by atoms with Crippen LogP contribution in [0.15, 0.2) is 42.7 Å². The zero-order valence-corrected chi connectivity index (χ0v) is 15.9. The second kappa shape index (κ2) is 8.73. The summed E-state index contributed by atoms with van der Waals surface area (Å²) in [5.74, 6) is -0.229. The Balaban J connectivity index is 1.57. The molecule has 1 aliphatic rings. The fourth-order valence-corrected chi connectivity index (χ4v) is 3.22. The molecule has 0 saturated carbocycles. The Kier molecular flexibility index (Phi) is 6.13. The largest absolute Gasteiger partial charge is 0.368 e. The van der Waals surface area contributed by atoms with Gasteiger partial charge in [0, 0.05) is 56.5 Å². The maximum Gasteiger partial charge on any atom is 0.321 e. The number of rotatable bonds is 4. The fourth-order valence-electron chi connectivity index (χ4n) is 2.96. The van der Waals surface area contributed by atoms with Gasteiger partial charge in [0.05, 0.1) is 10.6 Å². The molecule has 1 saturated heterocycles. The van der Waals surface area contributed by atoms with Crippen LogP contribution in [0.25, 0.3) is 0 Å². The van der Waals surface area contributed by atoms with Gasteiger partial charge < -0.3 is 20.4 Å². The lowest BCUT2D eigenvalue weighted by Gasteiger charge is -2.36. The molecule has 0 atom stereocenters. The zero-order valence-electron chi connectivity index (χ0n) is 15.1. The van der Waals surface area contributed by atoms with Crippen molar-refractivity contribution < 1.29 is 9.59 Å². The number of hydrogen-bond donors (Lipinski definition) is 2.